The van der Waals surface area contributed by atoms with Crippen molar-refractivity contribution in [2.24, 2.45) is 13.0 Å². The predicted molar refractivity (Wildman–Crippen MR) is 201 cm³/mol. The number of esters is 1. The van der Waals surface area contributed by atoms with Gasteiger partial charge in [0, 0.05) is 81.4 Å². The largest absolute Gasteiger partial charge is 0.469 e. The van der Waals surface area contributed by atoms with E-state index in [-0.39, 0.29) is 28.6 Å². The molecule has 2 aromatic carbocycles. The van der Waals surface area contributed by atoms with Crippen LogP contribution in [0.1, 0.15) is 27.9 Å². The Labute approximate surface area is 310 Å². The molecule has 7 rings (SSSR count). The lowest BCUT2D eigenvalue weighted by atomic mass is 9.99. The number of aliphatic hydroxyl groups excluding tert-OH is 1. The van der Waals surface area contributed by atoms with Crippen LogP contribution < -0.4 is 16.2 Å². The number of nitrogens with zero attached hydrogens (tertiary/aromatic N) is 5. The number of aliphatic hydroxyl groups is 1. The van der Waals surface area contributed by atoms with E-state index < -0.39 is 11.5 Å². The predicted octanol–water partition coefficient (Wildman–Crippen LogP) is 5.47. The van der Waals surface area contributed by atoms with Gasteiger partial charge in [-0.15, -0.1) is 0 Å². The number of halogens is 2. The molecule has 0 aliphatic carbocycles. The average molecular weight is 743 g/mol. The average Bonchev–Trinajstić information content (AvgIpc) is 3.53. The van der Waals surface area contributed by atoms with E-state index in [4.69, 9.17) is 32.9 Å². The van der Waals surface area contributed by atoms with Crippen molar-refractivity contribution in [1.29, 1.82) is 0 Å². The standard InChI is InChI=1S/C38H37Cl2N7O5/c1-45-16-23(18-46-12-10-26(48)21-46)14-29(37(45)50)36(49)44-31-8-4-6-28(33(31)40)27-5-3-7-30(32(27)39)43-35-34-24(9-11-41-35)13-22(15-42-34)17-47-19-25(20-47)38(51)52-2/h3-9,11,13-16,25-26,48H,10,12,17-21H2,1-2H3,(H,41,43)(H,44,49). The van der Waals surface area contributed by atoms with Gasteiger partial charge in [-0.05, 0) is 47.9 Å². The van der Waals surface area contributed by atoms with Gasteiger partial charge in [0.1, 0.15) is 11.1 Å². The Kier molecular flexibility index (Phi) is 10.3. The van der Waals surface area contributed by atoms with Crippen LogP contribution in [0.15, 0.2) is 78.0 Å². The Hall–Kier alpha value is -4.85. The Morgan fingerprint density at radius 2 is 1.65 bits per heavy atom. The maximum atomic E-state index is 13.5. The van der Waals surface area contributed by atoms with Crippen LogP contribution in [0.2, 0.25) is 10.0 Å². The van der Waals surface area contributed by atoms with Crippen molar-refractivity contribution in [1.82, 2.24) is 24.3 Å². The minimum absolute atomic E-state index is 0.0125. The molecule has 3 aromatic heterocycles. The van der Waals surface area contributed by atoms with Crippen molar-refractivity contribution in [2.45, 2.75) is 25.6 Å². The molecule has 1 unspecified atom stereocenters. The van der Waals surface area contributed by atoms with E-state index in [0.717, 1.165) is 23.1 Å². The molecule has 268 valence electrons. The van der Waals surface area contributed by atoms with Crippen LogP contribution >= 0.6 is 23.2 Å². The molecule has 0 bridgehead atoms. The fourth-order valence-corrected chi connectivity index (χ4v) is 7.34. The second kappa shape index (κ2) is 15.0. The van der Waals surface area contributed by atoms with E-state index in [1.54, 1.807) is 43.7 Å². The highest BCUT2D eigenvalue weighted by Gasteiger charge is 2.33. The molecule has 0 saturated carbocycles. The molecule has 5 heterocycles. The van der Waals surface area contributed by atoms with Gasteiger partial charge in [0.2, 0.25) is 0 Å². The zero-order chi connectivity index (χ0) is 36.5. The van der Waals surface area contributed by atoms with Crippen LogP contribution in [-0.2, 0) is 29.7 Å². The summed E-state index contributed by atoms with van der Waals surface area (Å²) in [4.78, 5) is 51.8. The molecule has 12 nitrogen and oxygen atoms in total. The van der Waals surface area contributed by atoms with Crippen LogP contribution in [-0.4, -0.2) is 80.7 Å². The summed E-state index contributed by atoms with van der Waals surface area (Å²) in [5.74, 6) is -0.330. The van der Waals surface area contributed by atoms with Crippen molar-refractivity contribution in [2.75, 3.05) is 43.9 Å². The number of hydrogen-bond acceptors (Lipinski definition) is 10. The maximum absolute atomic E-state index is 13.5. The topological polar surface area (TPSA) is 142 Å². The number of pyridine rings is 3. The Morgan fingerprint density at radius 3 is 2.37 bits per heavy atom. The molecule has 1 amide bonds. The number of nitrogens with one attached hydrogen (secondary N) is 2. The number of fused-ring (bicyclic) bond motifs is 1. The van der Waals surface area contributed by atoms with Gasteiger partial charge in [-0.1, -0.05) is 47.5 Å². The van der Waals surface area contributed by atoms with Crippen LogP contribution in [0.5, 0.6) is 0 Å². The third-order valence-electron chi connectivity index (χ3n) is 9.48. The lowest BCUT2D eigenvalue weighted by Gasteiger charge is -2.37. The summed E-state index contributed by atoms with van der Waals surface area (Å²) in [5.41, 5.74) is 4.13. The first kappa shape index (κ1) is 35.5. The molecule has 2 fully saturated rings. The number of benzene rings is 2. The number of rotatable bonds is 10. The highest BCUT2D eigenvalue weighted by Crippen LogP contribution is 2.41. The molecule has 0 radical (unpaired) electrons. The summed E-state index contributed by atoms with van der Waals surface area (Å²) in [6, 6.07) is 16.3. The van der Waals surface area contributed by atoms with E-state index in [1.165, 1.54) is 11.7 Å². The van der Waals surface area contributed by atoms with Crippen molar-refractivity contribution < 1.29 is 19.4 Å². The molecule has 5 aromatic rings. The zero-order valence-corrected chi connectivity index (χ0v) is 30.1. The number of carbonyl (C=O) groups is 2. The van der Waals surface area contributed by atoms with Crippen molar-refractivity contribution in [3.63, 3.8) is 0 Å². The maximum Gasteiger partial charge on any atom is 0.311 e. The van der Waals surface area contributed by atoms with Crippen LogP contribution in [0, 0.1) is 5.92 Å². The minimum Gasteiger partial charge on any atom is -0.469 e. The van der Waals surface area contributed by atoms with Crippen molar-refractivity contribution >= 4 is 63.2 Å². The van der Waals surface area contributed by atoms with Crippen LogP contribution in [0.3, 0.4) is 0 Å². The molecule has 14 heteroatoms. The first-order chi connectivity index (χ1) is 25.1. The number of likely N-dealkylation sites (tertiary alicyclic amines) is 2. The summed E-state index contributed by atoms with van der Waals surface area (Å²) in [6.07, 6.45) is 5.54. The van der Waals surface area contributed by atoms with Crippen LogP contribution in [0.4, 0.5) is 17.2 Å². The number of methoxy groups -OCH3 is 1. The van der Waals surface area contributed by atoms with E-state index in [2.05, 4.69) is 31.5 Å². The van der Waals surface area contributed by atoms with E-state index in [0.29, 0.717) is 78.0 Å². The number of hydrogen-bond donors (Lipinski definition) is 3. The quantitative estimate of drug-likeness (QED) is 0.158. The highest BCUT2D eigenvalue weighted by molar-refractivity contribution is 6.39. The smallest absolute Gasteiger partial charge is 0.311 e. The summed E-state index contributed by atoms with van der Waals surface area (Å²) in [5, 5.41) is 17.6. The molecule has 2 aliphatic heterocycles. The third-order valence-corrected chi connectivity index (χ3v) is 10.3. The van der Waals surface area contributed by atoms with Crippen LogP contribution in [0.25, 0.3) is 22.0 Å². The Balaban J connectivity index is 1.09. The Bertz CT molecular complexity index is 2240. The first-order valence-corrected chi connectivity index (χ1v) is 17.6. The van der Waals surface area contributed by atoms with E-state index >= 15 is 0 Å². The lowest BCUT2D eigenvalue weighted by Crippen LogP contribution is -2.49. The summed E-state index contributed by atoms with van der Waals surface area (Å²) in [6.45, 7) is 3.77. The van der Waals surface area contributed by atoms with Crippen molar-refractivity contribution in [3.05, 3.63) is 110 Å². The monoisotopic (exact) mass is 741 g/mol. The fourth-order valence-electron chi connectivity index (χ4n) is 6.79. The van der Waals surface area contributed by atoms with Gasteiger partial charge in [-0.2, -0.15) is 0 Å². The molecule has 3 N–H and O–H groups in total. The fraction of sp³-hybridized carbons (Fsp3) is 0.289. The minimum atomic E-state index is -0.586. The number of carbonyl (C=O) groups excluding carboxylic acids is 2. The zero-order valence-electron chi connectivity index (χ0n) is 28.6. The summed E-state index contributed by atoms with van der Waals surface area (Å²) in [7, 11) is 3.02. The SMILES string of the molecule is COC(=O)C1CN(Cc2cnc3c(Nc4cccc(-c5cccc(NC(=O)c6cc(CN7CCC(O)C7)cn(C)c6=O)c5Cl)c4Cl)nccc3c2)C1. The van der Waals surface area contributed by atoms with Gasteiger partial charge >= 0.3 is 5.97 Å². The second-order valence-electron chi connectivity index (χ2n) is 13.3. The molecule has 1 atom stereocenters. The number of ether oxygens (including phenoxy) is 1. The van der Waals surface area contributed by atoms with E-state index in [9.17, 15) is 19.5 Å². The summed E-state index contributed by atoms with van der Waals surface area (Å²) >= 11 is 13.9. The highest BCUT2D eigenvalue weighted by atomic mass is 35.5. The number of amides is 1. The molecule has 0 spiro atoms. The van der Waals surface area contributed by atoms with Crippen molar-refractivity contribution in [3.8, 4) is 11.1 Å². The molecule has 52 heavy (non-hydrogen) atoms. The first-order valence-electron chi connectivity index (χ1n) is 16.9. The second-order valence-corrected chi connectivity index (χ2v) is 14.0. The normalized spacial score (nSPS) is 16.5. The number of β-amino-alcohol motifs (C(OH)–C–C–N with tert-alkyl or cyclic N) is 1. The van der Waals surface area contributed by atoms with Gasteiger partial charge < -0.3 is 25.0 Å². The van der Waals surface area contributed by atoms with Gasteiger partial charge in [0.25, 0.3) is 11.5 Å². The molecular weight excluding hydrogens is 705 g/mol. The number of aryl methyl sites for hydroxylation is 1. The number of aromatic nitrogens is 3. The van der Waals surface area contributed by atoms with Gasteiger partial charge in [-0.25, -0.2) is 4.98 Å². The molecule has 2 aliphatic rings. The molecule has 2 saturated heterocycles. The van der Waals surface area contributed by atoms with Gasteiger partial charge in [0.15, 0.2) is 5.82 Å². The third kappa shape index (κ3) is 7.39. The van der Waals surface area contributed by atoms with Gasteiger partial charge in [-0.3, -0.25) is 29.2 Å². The van der Waals surface area contributed by atoms with Gasteiger partial charge in [0.05, 0.1) is 40.6 Å². The molecular formula is C38H37Cl2N7O5. The van der Waals surface area contributed by atoms with E-state index in [1.807, 2.05) is 30.5 Å². The summed E-state index contributed by atoms with van der Waals surface area (Å²) < 4.78 is 6.23. The Morgan fingerprint density at radius 1 is 0.942 bits per heavy atom. The number of anilines is 3. The lowest BCUT2D eigenvalue weighted by molar-refractivity contribution is -0.151.